The molecule has 0 radical (unpaired) electrons. The summed E-state index contributed by atoms with van der Waals surface area (Å²) in [6, 6.07) is 7.37. The third-order valence-corrected chi connectivity index (χ3v) is 8.43. The highest BCUT2D eigenvalue weighted by Gasteiger charge is 2.63. The summed E-state index contributed by atoms with van der Waals surface area (Å²) in [5, 5.41) is 21.7. The Kier molecular flexibility index (Phi) is 8.19. The molecular weight excluding hydrogens is 523 g/mol. The van der Waals surface area contributed by atoms with E-state index in [-0.39, 0.29) is 39.6 Å². The molecule has 202 valence electrons. The topological polar surface area (TPSA) is 98.8 Å². The van der Waals surface area contributed by atoms with Gasteiger partial charge in [0, 0.05) is 29.1 Å². The highest BCUT2D eigenvalue weighted by atomic mass is 35.5. The van der Waals surface area contributed by atoms with Crippen LogP contribution in [0.4, 0.5) is 8.78 Å². The summed E-state index contributed by atoms with van der Waals surface area (Å²) in [4.78, 5) is 15.7. The summed E-state index contributed by atoms with van der Waals surface area (Å²) in [5.41, 5.74) is 5.88. The molecule has 6 nitrogen and oxygen atoms in total. The Labute approximate surface area is 225 Å². The maximum Gasteiger partial charge on any atom is 0.238 e. The molecule has 2 fully saturated rings. The molecule has 5 atom stereocenters. The second-order valence-electron chi connectivity index (χ2n) is 10.9. The van der Waals surface area contributed by atoms with Gasteiger partial charge in [-0.05, 0) is 55.0 Å². The summed E-state index contributed by atoms with van der Waals surface area (Å²) >= 11 is 12.2. The Morgan fingerprint density at radius 3 is 2.68 bits per heavy atom. The molecule has 0 saturated carbocycles. The molecule has 0 aromatic heterocycles. The van der Waals surface area contributed by atoms with Gasteiger partial charge in [-0.1, -0.05) is 55.2 Å². The first-order chi connectivity index (χ1) is 17.4. The van der Waals surface area contributed by atoms with Gasteiger partial charge in [-0.3, -0.25) is 9.69 Å². The molecule has 2 saturated heterocycles. The number of aliphatic hydroxyl groups excluding tert-OH is 2. The van der Waals surface area contributed by atoms with Crippen LogP contribution < -0.4 is 11.1 Å². The molecule has 0 bridgehead atoms. The lowest BCUT2D eigenvalue weighted by molar-refractivity contribution is -0.127. The summed E-state index contributed by atoms with van der Waals surface area (Å²) < 4.78 is 31.2. The number of rotatable bonds is 7. The minimum atomic E-state index is -1.50. The highest BCUT2D eigenvalue weighted by Crippen LogP contribution is 2.56. The predicted molar refractivity (Wildman–Crippen MR) is 139 cm³/mol. The van der Waals surface area contributed by atoms with Gasteiger partial charge in [0.25, 0.3) is 0 Å². The number of amides is 1. The van der Waals surface area contributed by atoms with Crippen LogP contribution in [0.25, 0.3) is 0 Å². The summed E-state index contributed by atoms with van der Waals surface area (Å²) in [5.74, 6) is -2.73. The number of piperidine rings is 1. The standard InChI is InChI=1S/C27H33Cl2F2N3O3/c1-26(2)9-11-34-21(13-26)27(32,18-7-6-15(28)12-20(18)30)22(17-4-3-5-19(29)23(17)31)24(34)25(37)33-10-8-16(36)14-35/h3-7,12,16,21-22,24,35-36H,8-11,13-14,32H2,1-2H3,(H,33,37). The van der Waals surface area contributed by atoms with Crippen LogP contribution in [0.3, 0.4) is 0 Å². The molecule has 4 rings (SSSR count). The number of nitrogens with one attached hydrogen (secondary N) is 1. The van der Waals surface area contributed by atoms with E-state index in [1.54, 1.807) is 18.2 Å². The fourth-order valence-corrected chi connectivity index (χ4v) is 6.34. The van der Waals surface area contributed by atoms with Gasteiger partial charge in [-0.2, -0.15) is 0 Å². The molecule has 0 aliphatic carbocycles. The number of carbonyl (C=O) groups excluding carboxylic acids is 1. The molecule has 10 heteroatoms. The number of halogens is 4. The Morgan fingerprint density at radius 1 is 1.27 bits per heavy atom. The number of hydrogen-bond donors (Lipinski definition) is 4. The number of hydrogen-bond acceptors (Lipinski definition) is 5. The van der Waals surface area contributed by atoms with Crippen molar-refractivity contribution in [3.63, 3.8) is 0 Å². The van der Waals surface area contributed by atoms with Crippen LogP contribution in [0, 0.1) is 17.0 Å². The van der Waals surface area contributed by atoms with Crippen molar-refractivity contribution < 1.29 is 23.8 Å². The van der Waals surface area contributed by atoms with Crippen LogP contribution in [0.5, 0.6) is 0 Å². The van der Waals surface area contributed by atoms with Crippen molar-refractivity contribution in [3.05, 3.63) is 69.2 Å². The van der Waals surface area contributed by atoms with Gasteiger partial charge < -0.3 is 21.3 Å². The van der Waals surface area contributed by atoms with Gasteiger partial charge in [0.05, 0.1) is 29.3 Å². The van der Waals surface area contributed by atoms with E-state index in [2.05, 4.69) is 19.2 Å². The number of nitrogens with two attached hydrogens (primary N) is 1. The third kappa shape index (κ3) is 5.24. The molecule has 2 aromatic rings. The Morgan fingerprint density at radius 2 is 2.00 bits per heavy atom. The largest absolute Gasteiger partial charge is 0.394 e. The van der Waals surface area contributed by atoms with E-state index in [1.165, 1.54) is 18.2 Å². The zero-order valence-corrected chi connectivity index (χ0v) is 22.4. The molecule has 2 aliphatic rings. The van der Waals surface area contributed by atoms with Crippen LogP contribution in [0.2, 0.25) is 10.0 Å². The second-order valence-corrected chi connectivity index (χ2v) is 11.8. The van der Waals surface area contributed by atoms with Crippen LogP contribution in [-0.4, -0.2) is 58.9 Å². The molecule has 2 aromatic carbocycles. The summed E-state index contributed by atoms with van der Waals surface area (Å²) in [6.07, 6.45) is 0.476. The minimum absolute atomic E-state index is 0.0959. The van der Waals surface area contributed by atoms with Crippen LogP contribution in [0.15, 0.2) is 36.4 Å². The maximum absolute atomic E-state index is 15.6. The van der Waals surface area contributed by atoms with Gasteiger partial charge in [0.2, 0.25) is 5.91 Å². The Hall–Kier alpha value is -1.81. The zero-order valence-electron chi connectivity index (χ0n) is 20.9. The van der Waals surface area contributed by atoms with Gasteiger partial charge in [0.15, 0.2) is 0 Å². The maximum atomic E-state index is 15.6. The van der Waals surface area contributed by atoms with Crippen molar-refractivity contribution in [1.29, 1.82) is 0 Å². The van der Waals surface area contributed by atoms with Crippen molar-refractivity contribution in [2.75, 3.05) is 19.7 Å². The SMILES string of the molecule is CC1(C)CCN2C(C(=O)NCCC(O)CO)C(c3cccc(Cl)c3F)C(N)(c3ccc(Cl)cc3F)C2C1. The minimum Gasteiger partial charge on any atom is -0.394 e. The fraction of sp³-hybridized carbons (Fsp3) is 0.519. The van der Waals surface area contributed by atoms with Crippen molar-refractivity contribution in [3.8, 4) is 0 Å². The molecule has 2 heterocycles. The number of aliphatic hydroxyl groups is 2. The van der Waals surface area contributed by atoms with Crippen molar-refractivity contribution in [1.82, 2.24) is 10.2 Å². The number of carbonyl (C=O) groups is 1. The van der Waals surface area contributed by atoms with E-state index < -0.39 is 53.8 Å². The number of nitrogens with zero attached hydrogens (tertiary/aromatic N) is 1. The summed E-state index contributed by atoms with van der Waals surface area (Å²) in [7, 11) is 0. The van der Waals surface area contributed by atoms with E-state index in [4.69, 9.17) is 34.0 Å². The smallest absolute Gasteiger partial charge is 0.238 e. The van der Waals surface area contributed by atoms with Crippen molar-refractivity contribution in [2.45, 2.75) is 62.8 Å². The average Bonchev–Trinajstić information content (AvgIpc) is 3.08. The van der Waals surface area contributed by atoms with Crippen LogP contribution >= 0.6 is 23.2 Å². The predicted octanol–water partition coefficient (Wildman–Crippen LogP) is 3.94. The van der Waals surface area contributed by atoms with Crippen molar-refractivity contribution >= 4 is 29.1 Å². The van der Waals surface area contributed by atoms with E-state index in [0.717, 1.165) is 6.42 Å². The Balaban J connectivity index is 1.89. The normalized spacial score (nSPS) is 28.1. The summed E-state index contributed by atoms with van der Waals surface area (Å²) in [6.45, 7) is 4.37. The lowest BCUT2D eigenvalue weighted by atomic mass is 9.67. The van der Waals surface area contributed by atoms with E-state index in [0.29, 0.717) is 13.0 Å². The molecule has 5 unspecified atom stereocenters. The molecule has 1 amide bonds. The third-order valence-electron chi connectivity index (χ3n) is 7.90. The van der Waals surface area contributed by atoms with Gasteiger partial charge in [-0.25, -0.2) is 8.78 Å². The van der Waals surface area contributed by atoms with Gasteiger partial charge in [0.1, 0.15) is 11.6 Å². The first-order valence-corrected chi connectivity index (χ1v) is 13.2. The first kappa shape index (κ1) is 28.2. The molecular formula is C27H33Cl2F2N3O3. The fourth-order valence-electron chi connectivity index (χ4n) is 6.00. The second kappa shape index (κ2) is 10.8. The van der Waals surface area contributed by atoms with E-state index >= 15 is 8.78 Å². The first-order valence-electron chi connectivity index (χ1n) is 12.4. The lowest BCUT2D eigenvalue weighted by Gasteiger charge is -2.46. The molecule has 0 spiro atoms. The molecule has 5 N–H and O–H groups in total. The number of fused-ring (bicyclic) bond motifs is 1. The quantitative estimate of drug-likeness (QED) is 0.414. The van der Waals surface area contributed by atoms with Gasteiger partial charge >= 0.3 is 0 Å². The van der Waals surface area contributed by atoms with Crippen LogP contribution in [0.1, 0.15) is 50.2 Å². The molecule has 37 heavy (non-hydrogen) atoms. The monoisotopic (exact) mass is 555 g/mol. The van der Waals surface area contributed by atoms with Crippen LogP contribution in [-0.2, 0) is 10.3 Å². The van der Waals surface area contributed by atoms with E-state index in [9.17, 15) is 9.90 Å². The van der Waals surface area contributed by atoms with E-state index in [1.807, 2.05) is 4.90 Å². The molecule has 2 aliphatic heterocycles. The number of benzene rings is 2. The average molecular weight is 556 g/mol. The van der Waals surface area contributed by atoms with Gasteiger partial charge in [-0.15, -0.1) is 0 Å². The highest BCUT2D eigenvalue weighted by molar-refractivity contribution is 6.31. The lowest BCUT2D eigenvalue weighted by Crippen LogP contribution is -2.56. The Bertz CT molecular complexity index is 1170. The zero-order chi connectivity index (χ0) is 27.1. The van der Waals surface area contributed by atoms with Crippen molar-refractivity contribution in [2.24, 2.45) is 11.1 Å².